The van der Waals surface area contributed by atoms with Crippen molar-refractivity contribution in [1.29, 1.82) is 0 Å². The van der Waals surface area contributed by atoms with Crippen molar-refractivity contribution in [2.24, 2.45) is 10.9 Å². The summed E-state index contributed by atoms with van der Waals surface area (Å²) in [5.74, 6) is 2.12. The first kappa shape index (κ1) is 16.5. The second-order valence-corrected chi connectivity index (χ2v) is 5.45. The van der Waals surface area contributed by atoms with Crippen molar-refractivity contribution in [1.82, 2.24) is 15.2 Å². The quantitative estimate of drug-likeness (QED) is 0.638. The fraction of sp³-hybridized carbons (Fsp3) is 0.625. The molecular formula is C16H26N4O2. The third-order valence-electron chi connectivity index (χ3n) is 3.69. The van der Waals surface area contributed by atoms with Crippen LogP contribution in [0.15, 0.2) is 23.3 Å². The topological polar surface area (TPSA) is 59.0 Å². The van der Waals surface area contributed by atoms with Gasteiger partial charge >= 0.3 is 0 Å². The summed E-state index contributed by atoms with van der Waals surface area (Å²) in [5.41, 5.74) is 0.984. The lowest BCUT2D eigenvalue weighted by molar-refractivity contribution is 0.181. The van der Waals surface area contributed by atoms with Gasteiger partial charge in [0.15, 0.2) is 5.96 Å². The minimum atomic E-state index is 0.546. The fourth-order valence-corrected chi connectivity index (χ4v) is 2.56. The number of ether oxygens (including phenoxy) is 2. The van der Waals surface area contributed by atoms with E-state index in [9.17, 15) is 0 Å². The molecule has 1 aliphatic rings. The molecule has 0 aromatic carbocycles. The van der Waals surface area contributed by atoms with Gasteiger partial charge in [-0.15, -0.1) is 0 Å². The molecule has 0 bridgehead atoms. The van der Waals surface area contributed by atoms with Gasteiger partial charge in [-0.05, 0) is 19.4 Å². The Bertz CT molecular complexity index is 487. The maximum absolute atomic E-state index is 5.45. The van der Waals surface area contributed by atoms with Gasteiger partial charge in [0.05, 0.1) is 20.3 Å². The Morgan fingerprint density at radius 3 is 3.14 bits per heavy atom. The molecule has 2 rings (SSSR count). The SMILES string of the molecule is CCNC(=NCc1cccnc1OC)N(C)CC1CCOC1. The van der Waals surface area contributed by atoms with E-state index in [1.807, 2.05) is 12.1 Å². The van der Waals surface area contributed by atoms with Gasteiger partial charge in [-0.2, -0.15) is 0 Å². The molecule has 6 heteroatoms. The molecule has 1 aromatic heterocycles. The number of aliphatic imine (C=N–C) groups is 1. The molecule has 22 heavy (non-hydrogen) atoms. The highest BCUT2D eigenvalue weighted by atomic mass is 16.5. The van der Waals surface area contributed by atoms with E-state index in [2.05, 4.69) is 29.2 Å². The zero-order chi connectivity index (χ0) is 15.8. The predicted octanol–water partition coefficient (Wildman–Crippen LogP) is 1.52. The normalized spacial score (nSPS) is 18.3. The second kappa shape index (κ2) is 8.58. The van der Waals surface area contributed by atoms with Crippen LogP contribution >= 0.6 is 0 Å². The summed E-state index contributed by atoms with van der Waals surface area (Å²) in [7, 11) is 3.70. The van der Waals surface area contributed by atoms with Gasteiger partial charge in [0.1, 0.15) is 0 Å². The van der Waals surface area contributed by atoms with Crippen molar-refractivity contribution < 1.29 is 9.47 Å². The van der Waals surface area contributed by atoms with Crippen molar-refractivity contribution in [3.8, 4) is 5.88 Å². The van der Waals surface area contributed by atoms with Crippen molar-refractivity contribution >= 4 is 5.96 Å². The number of pyridine rings is 1. The number of methoxy groups -OCH3 is 1. The average Bonchev–Trinajstić information content (AvgIpc) is 3.04. The smallest absolute Gasteiger partial charge is 0.218 e. The van der Waals surface area contributed by atoms with Crippen LogP contribution in [0.1, 0.15) is 18.9 Å². The molecule has 1 atom stereocenters. The molecule has 1 N–H and O–H groups in total. The molecule has 0 spiro atoms. The highest BCUT2D eigenvalue weighted by Gasteiger charge is 2.19. The highest BCUT2D eigenvalue weighted by molar-refractivity contribution is 5.79. The van der Waals surface area contributed by atoms with Crippen LogP contribution in [0.25, 0.3) is 0 Å². The monoisotopic (exact) mass is 306 g/mol. The molecule has 1 fully saturated rings. The third kappa shape index (κ3) is 4.59. The van der Waals surface area contributed by atoms with E-state index in [1.54, 1.807) is 13.3 Å². The minimum Gasteiger partial charge on any atom is -0.481 e. The lowest BCUT2D eigenvalue weighted by atomic mass is 10.1. The Labute approximate surface area is 132 Å². The highest BCUT2D eigenvalue weighted by Crippen LogP contribution is 2.16. The largest absolute Gasteiger partial charge is 0.481 e. The van der Waals surface area contributed by atoms with Gasteiger partial charge in [0.25, 0.3) is 0 Å². The first-order valence-corrected chi connectivity index (χ1v) is 7.79. The summed E-state index contributed by atoms with van der Waals surface area (Å²) in [6.07, 6.45) is 2.85. The molecule has 1 aromatic rings. The van der Waals surface area contributed by atoms with E-state index in [-0.39, 0.29) is 0 Å². The number of nitrogens with one attached hydrogen (secondary N) is 1. The Morgan fingerprint density at radius 2 is 2.45 bits per heavy atom. The van der Waals surface area contributed by atoms with Crippen molar-refractivity contribution in [2.45, 2.75) is 19.9 Å². The number of nitrogens with zero attached hydrogens (tertiary/aromatic N) is 3. The standard InChI is InChI=1S/C16H26N4O2/c1-4-17-16(20(2)11-13-7-9-22-12-13)19-10-14-6-5-8-18-15(14)21-3/h5-6,8,13H,4,7,9-12H2,1-3H3,(H,17,19). The summed E-state index contributed by atoms with van der Waals surface area (Å²) in [6.45, 7) is 6.14. The lowest BCUT2D eigenvalue weighted by Crippen LogP contribution is -2.41. The molecule has 1 unspecified atom stereocenters. The molecule has 0 amide bonds. The van der Waals surface area contributed by atoms with Gasteiger partial charge in [0, 0.05) is 44.4 Å². The van der Waals surface area contributed by atoms with Gasteiger partial charge < -0.3 is 19.7 Å². The summed E-state index contributed by atoms with van der Waals surface area (Å²) in [4.78, 5) is 11.1. The zero-order valence-corrected chi connectivity index (χ0v) is 13.7. The average molecular weight is 306 g/mol. The number of rotatable bonds is 6. The minimum absolute atomic E-state index is 0.546. The summed E-state index contributed by atoms with van der Waals surface area (Å²) < 4.78 is 10.7. The van der Waals surface area contributed by atoms with E-state index in [0.717, 1.165) is 44.2 Å². The molecule has 1 saturated heterocycles. The first-order chi connectivity index (χ1) is 10.7. The van der Waals surface area contributed by atoms with Crippen molar-refractivity contribution in [2.75, 3.05) is 40.5 Å². The summed E-state index contributed by atoms with van der Waals surface area (Å²) in [5, 5.41) is 3.34. The molecule has 2 heterocycles. The number of hydrogen-bond donors (Lipinski definition) is 1. The van der Waals surface area contributed by atoms with E-state index >= 15 is 0 Å². The Morgan fingerprint density at radius 1 is 1.59 bits per heavy atom. The number of aromatic nitrogens is 1. The van der Waals surface area contributed by atoms with Gasteiger partial charge in [-0.25, -0.2) is 9.98 Å². The zero-order valence-electron chi connectivity index (χ0n) is 13.7. The third-order valence-corrected chi connectivity index (χ3v) is 3.69. The number of hydrogen-bond acceptors (Lipinski definition) is 4. The molecule has 6 nitrogen and oxygen atoms in total. The van der Waals surface area contributed by atoms with Crippen LogP contribution in [0, 0.1) is 5.92 Å². The van der Waals surface area contributed by atoms with Crippen LogP contribution in [-0.4, -0.2) is 56.3 Å². The van der Waals surface area contributed by atoms with Gasteiger partial charge in [0.2, 0.25) is 5.88 Å². The maximum Gasteiger partial charge on any atom is 0.218 e. The van der Waals surface area contributed by atoms with Crippen molar-refractivity contribution in [3.05, 3.63) is 23.9 Å². The fourth-order valence-electron chi connectivity index (χ4n) is 2.56. The van der Waals surface area contributed by atoms with E-state index < -0.39 is 0 Å². The van der Waals surface area contributed by atoms with Gasteiger partial charge in [-0.3, -0.25) is 0 Å². The van der Waals surface area contributed by atoms with E-state index in [1.165, 1.54) is 0 Å². The molecule has 122 valence electrons. The van der Waals surface area contributed by atoms with Crippen LogP contribution in [0.2, 0.25) is 0 Å². The van der Waals surface area contributed by atoms with Crippen molar-refractivity contribution in [3.63, 3.8) is 0 Å². The predicted molar refractivity (Wildman–Crippen MR) is 87.2 cm³/mol. The van der Waals surface area contributed by atoms with Gasteiger partial charge in [-0.1, -0.05) is 6.07 Å². The maximum atomic E-state index is 5.45. The first-order valence-electron chi connectivity index (χ1n) is 7.79. The van der Waals surface area contributed by atoms with Crippen LogP contribution < -0.4 is 10.1 Å². The lowest BCUT2D eigenvalue weighted by Gasteiger charge is -2.24. The summed E-state index contributed by atoms with van der Waals surface area (Å²) >= 11 is 0. The van der Waals surface area contributed by atoms with Crippen LogP contribution in [0.3, 0.4) is 0 Å². The van der Waals surface area contributed by atoms with E-state index in [0.29, 0.717) is 18.3 Å². The summed E-state index contributed by atoms with van der Waals surface area (Å²) in [6, 6.07) is 3.89. The Kier molecular flexibility index (Phi) is 6.45. The van der Waals surface area contributed by atoms with Crippen LogP contribution in [0.4, 0.5) is 0 Å². The van der Waals surface area contributed by atoms with Crippen LogP contribution in [-0.2, 0) is 11.3 Å². The molecular weight excluding hydrogens is 280 g/mol. The Hall–Kier alpha value is -1.82. The van der Waals surface area contributed by atoms with E-state index in [4.69, 9.17) is 14.5 Å². The number of guanidine groups is 1. The molecule has 0 aliphatic carbocycles. The molecule has 1 aliphatic heterocycles. The Balaban J connectivity index is 2.02. The second-order valence-electron chi connectivity index (χ2n) is 5.45. The molecule has 0 saturated carbocycles. The molecule has 0 radical (unpaired) electrons. The van der Waals surface area contributed by atoms with Crippen LogP contribution in [0.5, 0.6) is 5.88 Å².